The average molecular weight is 980 g/mol. The number of nitrogens with one attached hydrogen (secondary N) is 2. The molecule has 0 aliphatic heterocycles. The van der Waals surface area contributed by atoms with E-state index in [1.165, 1.54) is 23.5 Å². The van der Waals surface area contributed by atoms with Crippen molar-refractivity contribution in [3.63, 3.8) is 0 Å². The normalized spacial score (nSPS) is 12.0. The van der Waals surface area contributed by atoms with Gasteiger partial charge in [-0.2, -0.15) is 23.4 Å². The minimum Gasteiger partial charge on any atom is -0.395 e. The van der Waals surface area contributed by atoms with Gasteiger partial charge in [0.1, 0.15) is 16.3 Å². The molecule has 0 unspecified atom stereocenters. The lowest BCUT2D eigenvalue weighted by atomic mass is 10.2. The van der Waals surface area contributed by atoms with Crippen molar-refractivity contribution < 1.29 is 23.2 Å². The summed E-state index contributed by atoms with van der Waals surface area (Å²) in [6.07, 6.45) is 0. The molecule has 24 heteroatoms. The van der Waals surface area contributed by atoms with Crippen LogP contribution in [0.15, 0.2) is 92.1 Å². The van der Waals surface area contributed by atoms with Crippen LogP contribution in [0.3, 0.4) is 0 Å². The van der Waals surface area contributed by atoms with E-state index in [4.69, 9.17) is 38.2 Å². The maximum atomic E-state index is 12.2. The van der Waals surface area contributed by atoms with Crippen molar-refractivity contribution in [1.82, 2.24) is 24.9 Å². The standard InChI is InChI=1S/C41H44Cl2N14O5S3/c1-5-55(6-2)25-10-14-28(51-53-40-46-30-13-9-24(42)21-34(30)63-40)32(22-25)44-37-48-38(50-39(49-37)57(17-19-58)18-20-59)45-33-23-26(56(7-3)8-4)11-15-29(33)52-54-41-47-31-16-12-27(43)36(35(31)64-41)65(60,61)62/h9-16,21-23,58-59H,5-8,17-20H2,1-4H3,(H,60,61,62)(H2,44,45,48,49,50)/b53-51+,54-52+. The van der Waals surface area contributed by atoms with Gasteiger partial charge in [-0.05, 0) is 94.4 Å². The van der Waals surface area contributed by atoms with Crippen LogP contribution in [0.2, 0.25) is 10.0 Å². The van der Waals surface area contributed by atoms with Crippen LogP contribution < -0.4 is 25.3 Å². The maximum absolute atomic E-state index is 12.2. The molecule has 0 spiro atoms. The Balaban J connectivity index is 1.31. The summed E-state index contributed by atoms with van der Waals surface area (Å²) >= 11 is 14.6. The Morgan fingerprint density at radius 1 is 0.631 bits per heavy atom. The Bertz CT molecular complexity index is 2980. The van der Waals surface area contributed by atoms with Gasteiger partial charge in [-0.1, -0.05) is 45.9 Å². The SMILES string of the molecule is CCN(CC)c1ccc(/N=N/c2nc3ccc(Cl)cc3s2)c(Nc2nc(Nc3cc(N(CC)CC)ccc3/N=N/c3nc4ccc(Cl)c(S(=O)(=O)O)c4s3)nc(N(CCO)CCO)n2)c1. The molecule has 0 radical (unpaired) electrons. The molecule has 0 aliphatic carbocycles. The molecule has 0 fully saturated rings. The highest BCUT2D eigenvalue weighted by atomic mass is 35.5. The number of hydrogen-bond donors (Lipinski definition) is 5. The maximum Gasteiger partial charge on any atom is 0.297 e. The molecule has 0 bridgehead atoms. The van der Waals surface area contributed by atoms with Crippen LogP contribution in [0.5, 0.6) is 0 Å². The Morgan fingerprint density at radius 2 is 1.15 bits per heavy atom. The lowest BCUT2D eigenvalue weighted by Crippen LogP contribution is -2.31. The van der Waals surface area contributed by atoms with Gasteiger partial charge in [0.15, 0.2) is 0 Å². The minimum atomic E-state index is -4.67. The lowest BCUT2D eigenvalue weighted by Gasteiger charge is -2.24. The van der Waals surface area contributed by atoms with E-state index in [0.717, 1.165) is 46.0 Å². The fourth-order valence-electron chi connectivity index (χ4n) is 6.74. The van der Waals surface area contributed by atoms with Gasteiger partial charge in [-0.25, -0.2) is 9.97 Å². The first kappa shape index (κ1) is 47.2. The number of hydrogen-bond acceptors (Lipinski definition) is 20. The molecule has 340 valence electrons. The highest BCUT2D eigenvalue weighted by molar-refractivity contribution is 7.86. The van der Waals surface area contributed by atoms with Crippen molar-refractivity contribution in [2.24, 2.45) is 20.5 Å². The van der Waals surface area contributed by atoms with Crippen molar-refractivity contribution in [1.29, 1.82) is 0 Å². The molecule has 3 aromatic heterocycles. The monoisotopic (exact) mass is 978 g/mol. The summed E-state index contributed by atoms with van der Waals surface area (Å²) in [4.78, 5) is 28.7. The van der Waals surface area contributed by atoms with Crippen molar-refractivity contribution in [2.45, 2.75) is 32.6 Å². The number of nitrogens with zero attached hydrogens (tertiary/aromatic N) is 12. The second-order valence-electron chi connectivity index (χ2n) is 13.9. The van der Waals surface area contributed by atoms with Gasteiger partial charge >= 0.3 is 0 Å². The van der Waals surface area contributed by atoms with Gasteiger partial charge in [0.2, 0.25) is 28.1 Å². The number of azo groups is 2. The molecule has 0 saturated heterocycles. The highest BCUT2D eigenvalue weighted by Gasteiger charge is 2.22. The van der Waals surface area contributed by atoms with E-state index < -0.39 is 15.0 Å². The molecule has 0 amide bonds. The Kier molecular flexibility index (Phi) is 15.3. The summed E-state index contributed by atoms with van der Waals surface area (Å²) in [5, 5.41) is 45.6. The first-order valence-corrected chi connectivity index (χ1v) is 24.2. The largest absolute Gasteiger partial charge is 0.395 e. The number of anilines is 7. The van der Waals surface area contributed by atoms with E-state index in [2.05, 4.69) is 64.7 Å². The zero-order chi connectivity index (χ0) is 46.3. The Hall–Kier alpha value is -5.72. The first-order chi connectivity index (χ1) is 31.3. The minimum absolute atomic E-state index is 0.0789. The molecule has 7 rings (SSSR count). The smallest absolute Gasteiger partial charge is 0.297 e. The number of halogens is 2. The molecule has 65 heavy (non-hydrogen) atoms. The molecule has 4 aromatic carbocycles. The lowest BCUT2D eigenvalue weighted by molar-refractivity contribution is 0.280. The molecule has 19 nitrogen and oxygen atoms in total. The van der Waals surface area contributed by atoms with Crippen molar-refractivity contribution in [3.05, 3.63) is 76.8 Å². The number of fused-ring (bicyclic) bond motifs is 2. The fourth-order valence-corrected chi connectivity index (χ4v) is 10.2. The summed E-state index contributed by atoms with van der Waals surface area (Å²) in [6, 6.07) is 19.5. The van der Waals surface area contributed by atoms with E-state index in [0.29, 0.717) is 46.0 Å². The van der Waals surface area contributed by atoms with E-state index in [9.17, 15) is 23.2 Å². The van der Waals surface area contributed by atoms with Crippen molar-refractivity contribution in [3.8, 4) is 0 Å². The molecule has 3 heterocycles. The molecule has 0 atom stereocenters. The summed E-state index contributed by atoms with van der Waals surface area (Å²) in [5.74, 6) is 0.331. The Labute approximate surface area is 392 Å². The topological polar surface area (TPSA) is 242 Å². The third-order valence-electron chi connectivity index (χ3n) is 9.89. The van der Waals surface area contributed by atoms with Crippen LogP contribution in [-0.2, 0) is 10.1 Å². The van der Waals surface area contributed by atoms with E-state index in [-0.39, 0.29) is 64.5 Å². The number of aliphatic hydroxyl groups excluding tert-OH is 2. The van der Waals surface area contributed by atoms with Gasteiger partial charge in [0.25, 0.3) is 10.1 Å². The van der Waals surface area contributed by atoms with E-state index >= 15 is 0 Å². The summed E-state index contributed by atoms with van der Waals surface area (Å²) in [6.45, 7) is 10.8. The number of aromatic nitrogens is 5. The van der Waals surface area contributed by atoms with Crippen LogP contribution in [-0.4, -0.2) is 101 Å². The molecular formula is C41H44Cl2N14O5S3. The average Bonchev–Trinajstić information content (AvgIpc) is 3.89. The van der Waals surface area contributed by atoms with Crippen LogP contribution >= 0.6 is 45.9 Å². The number of aliphatic hydroxyl groups is 2. The zero-order valence-electron chi connectivity index (χ0n) is 35.5. The van der Waals surface area contributed by atoms with Crippen LogP contribution in [0.4, 0.5) is 62.2 Å². The summed E-state index contributed by atoms with van der Waals surface area (Å²) in [7, 11) is -4.67. The van der Waals surface area contributed by atoms with Crippen molar-refractivity contribution in [2.75, 3.05) is 77.8 Å². The summed E-state index contributed by atoms with van der Waals surface area (Å²) < 4.78 is 35.3. The van der Waals surface area contributed by atoms with Gasteiger partial charge in [0, 0.05) is 55.7 Å². The molecule has 7 aromatic rings. The van der Waals surface area contributed by atoms with Crippen molar-refractivity contribution >= 4 is 139 Å². The second-order valence-corrected chi connectivity index (χ2v) is 18.1. The van der Waals surface area contributed by atoms with Gasteiger partial charge in [-0.15, -0.1) is 20.5 Å². The molecular weight excluding hydrogens is 936 g/mol. The third-order valence-corrected chi connectivity index (χ3v) is 13.5. The van der Waals surface area contributed by atoms with Crippen LogP contribution in [0, 0.1) is 0 Å². The number of benzene rings is 4. The third kappa shape index (κ3) is 11.2. The van der Waals surface area contributed by atoms with Gasteiger partial charge in [-0.3, -0.25) is 4.55 Å². The molecule has 0 saturated carbocycles. The zero-order valence-corrected chi connectivity index (χ0v) is 39.5. The predicted octanol–water partition coefficient (Wildman–Crippen LogP) is 10.4. The van der Waals surface area contributed by atoms with Gasteiger partial charge in [0.05, 0.1) is 50.0 Å². The molecule has 0 aliphatic rings. The second kappa shape index (κ2) is 21.1. The number of thiazole rings is 2. The fraction of sp³-hybridized carbons (Fsp3) is 0.293. The van der Waals surface area contributed by atoms with Crippen LogP contribution in [0.25, 0.3) is 20.4 Å². The summed E-state index contributed by atoms with van der Waals surface area (Å²) in [5.41, 5.74) is 4.56. The highest BCUT2D eigenvalue weighted by Crippen LogP contribution is 2.40. The number of rotatable bonds is 20. The van der Waals surface area contributed by atoms with E-state index in [1.807, 2.05) is 56.3 Å². The predicted molar refractivity (Wildman–Crippen MR) is 260 cm³/mol. The molecule has 5 N–H and O–H groups in total. The quantitative estimate of drug-likeness (QED) is 0.0352. The van der Waals surface area contributed by atoms with E-state index in [1.54, 1.807) is 17.0 Å². The van der Waals surface area contributed by atoms with Crippen LogP contribution in [0.1, 0.15) is 27.7 Å². The first-order valence-electron chi connectivity index (χ1n) is 20.3. The Morgan fingerprint density at radius 3 is 1.68 bits per heavy atom. The van der Waals surface area contributed by atoms with Gasteiger partial charge < -0.3 is 35.5 Å².